The van der Waals surface area contributed by atoms with Gasteiger partial charge in [-0.2, -0.15) is 0 Å². The number of hydrogen-bond donors (Lipinski definition) is 2. The smallest absolute Gasteiger partial charge is 0.345 e. The molecular formula is C12H14ClNO4. The van der Waals surface area contributed by atoms with Crippen molar-refractivity contribution in [1.82, 2.24) is 0 Å². The third-order valence-electron chi connectivity index (χ3n) is 2.29. The topological polar surface area (TPSA) is 89.6 Å². The van der Waals surface area contributed by atoms with Crippen LogP contribution in [0.5, 0.6) is 0 Å². The highest BCUT2D eigenvalue weighted by Gasteiger charge is 2.23. The Morgan fingerprint density at radius 1 is 1.50 bits per heavy atom. The fourth-order valence-corrected chi connectivity index (χ4v) is 1.58. The zero-order chi connectivity index (χ0) is 13.7. The lowest BCUT2D eigenvalue weighted by molar-refractivity contribution is -0.147. The molecule has 0 fully saturated rings. The maximum absolute atomic E-state index is 11.8. The molecule has 0 aromatic heterocycles. The molecule has 0 aliphatic rings. The molecule has 1 unspecified atom stereocenters. The van der Waals surface area contributed by atoms with E-state index >= 15 is 0 Å². The molecule has 0 heterocycles. The van der Waals surface area contributed by atoms with Crippen molar-refractivity contribution in [3.8, 4) is 0 Å². The van der Waals surface area contributed by atoms with Crippen LogP contribution in [0.2, 0.25) is 5.02 Å². The van der Waals surface area contributed by atoms with Crippen molar-refractivity contribution in [2.24, 2.45) is 0 Å². The SMILES string of the molecule is CCCC(OC(=O)c1cc(N)ccc1Cl)C(=O)O. The number of carboxylic acids is 1. The molecule has 98 valence electrons. The zero-order valence-electron chi connectivity index (χ0n) is 9.85. The van der Waals surface area contributed by atoms with E-state index < -0.39 is 18.0 Å². The highest BCUT2D eigenvalue weighted by Crippen LogP contribution is 2.20. The molecule has 5 nitrogen and oxygen atoms in total. The molecule has 1 rings (SSSR count). The number of carbonyl (C=O) groups excluding carboxylic acids is 1. The first-order valence-electron chi connectivity index (χ1n) is 5.44. The third-order valence-corrected chi connectivity index (χ3v) is 2.62. The Kier molecular flexibility index (Phi) is 4.97. The molecule has 1 aromatic carbocycles. The molecule has 1 atom stereocenters. The molecule has 0 aliphatic heterocycles. The van der Waals surface area contributed by atoms with Crippen LogP contribution in [0, 0.1) is 0 Å². The quantitative estimate of drug-likeness (QED) is 0.634. The van der Waals surface area contributed by atoms with E-state index in [2.05, 4.69) is 0 Å². The van der Waals surface area contributed by atoms with Crippen LogP contribution in [-0.2, 0) is 9.53 Å². The maximum atomic E-state index is 11.8. The average Bonchev–Trinajstić information content (AvgIpc) is 2.31. The number of benzene rings is 1. The number of nitrogen functional groups attached to an aromatic ring is 1. The van der Waals surface area contributed by atoms with Crippen molar-refractivity contribution < 1.29 is 19.4 Å². The summed E-state index contributed by atoms with van der Waals surface area (Å²) >= 11 is 5.83. The Hall–Kier alpha value is -1.75. The van der Waals surface area contributed by atoms with Gasteiger partial charge in [0.15, 0.2) is 6.10 Å². The van der Waals surface area contributed by atoms with Crippen LogP contribution >= 0.6 is 11.6 Å². The average molecular weight is 272 g/mol. The lowest BCUT2D eigenvalue weighted by atomic mass is 10.2. The lowest BCUT2D eigenvalue weighted by Crippen LogP contribution is -2.27. The summed E-state index contributed by atoms with van der Waals surface area (Å²) in [7, 11) is 0. The van der Waals surface area contributed by atoms with Gasteiger partial charge < -0.3 is 15.6 Å². The number of esters is 1. The molecule has 0 saturated heterocycles. The molecule has 0 amide bonds. The van der Waals surface area contributed by atoms with E-state index in [1.54, 1.807) is 13.0 Å². The van der Waals surface area contributed by atoms with Gasteiger partial charge in [-0.1, -0.05) is 24.9 Å². The second-order valence-corrected chi connectivity index (χ2v) is 4.17. The number of hydrogen-bond acceptors (Lipinski definition) is 4. The van der Waals surface area contributed by atoms with Gasteiger partial charge in [-0.15, -0.1) is 0 Å². The largest absolute Gasteiger partial charge is 0.479 e. The monoisotopic (exact) mass is 271 g/mol. The van der Waals surface area contributed by atoms with Crippen LogP contribution in [0.25, 0.3) is 0 Å². The van der Waals surface area contributed by atoms with E-state index in [9.17, 15) is 9.59 Å². The van der Waals surface area contributed by atoms with Crippen LogP contribution in [-0.4, -0.2) is 23.1 Å². The fraction of sp³-hybridized carbons (Fsp3) is 0.333. The van der Waals surface area contributed by atoms with Gasteiger partial charge in [0.1, 0.15) is 0 Å². The summed E-state index contributed by atoms with van der Waals surface area (Å²) in [5, 5.41) is 9.06. The van der Waals surface area contributed by atoms with E-state index in [4.69, 9.17) is 27.2 Å². The Bertz CT molecular complexity index is 461. The summed E-state index contributed by atoms with van der Waals surface area (Å²) in [6, 6.07) is 4.36. The van der Waals surface area contributed by atoms with Crippen LogP contribution in [0.15, 0.2) is 18.2 Å². The molecule has 0 saturated carbocycles. The van der Waals surface area contributed by atoms with Crippen LogP contribution < -0.4 is 5.73 Å². The minimum atomic E-state index is -1.18. The van der Waals surface area contributed by atoms with E-state index in [1.807, 2.05) is 0 Å². The van der Waals surface area contributed by atoms with Crippen LogP contribution in [0.4, 0.5) is 5.69 Å². The number of carboxylic acid groups (broad SMARTS) is 1. The summed E-state index contributed by atoms with van der Waals surface area (Å²) in [5.74, 6) is -1.96. The van der Waals surface area contributed by atoms with Crippen molar-refractivity contribution in [3.63, 3.8) is 0 Å². The van der Waals surface area contributed by atoms with Gasteiger partial charge in [0.25, 0.3) is 0 Å². The lowest BCUT2D eigenvalue weighted by Gasteiger charge is -2.13. The Balaban J connectivity index is 2.86. The zero-order valence-corrected chi connectivity index (χ0v) is 10.6. The van der Waals surface area contributed by atoms with E-state index in [1.165, 1.54) is 12.1 Å². The predicted octanol–water partition coefficient (Wildman–Crippen LogP) is 2.33. The molecule has 0 aliphatic carbocycles. The predicted molar refractivity (Wildman–Crippen MR) is 67.6 cm³/mol. The van der Waals surface area contributed by atoms with E-state index in [0.29, 0.717) is 12.1 Å². The Labute approximate surface area is 109 Å². The standard InChI is InChI=1S/C12H14ClNO4/c1-2-3-10(11(15)16)18-12(17)8-6-7(14)4-5-9(8)13/h4-6,10H,2-3,14H2,1H3,(H,15,16). The number of carbonyl (C=O) groups is 2. The molecule has 18 heavy (non-hydrogen) atoms. The molecule has 0 bridgehead atoms. The van der Waals surface area contributed by atoms with Gasteiger partial charge in [0, 0.05) is 5.69 Å². The van der Waals surface area contributed by atoms with Crippen molar-refractivity contribution >= 4 is 29.2 Å². The summed E-state index contributed by atoms with van der Waals surface area (Å²) < 4.78 is 4.90. The van der Waals surface area contributed by atoms with Crippen molar-refractivity contribution in [1.29, 1.82) is 0 Å². The fourth-order valence-electron chi connectivity index (χ4n) is 1.39. The number of aliphatic carboxylic acids is 1. The number of nitrogens with two attached hydrogens (primary N) is 1. The van der Waals surface area contributed by atoms with Crippen molar-refractivity contribution in [2.75, 3.05) is 5.73 Å². The van der Waals surface area contributed by atoms with E-state index in [-0.39, 0.29) is 17.0 Å². The second-order valence-electron chi connectivity index (χ2n) is 3.76. The van der Waals surface area contributed by atoms with Gasteiger partial charge >= 0.3 is 11.9 Å². The highest BCUT2D eigenvalue weighted by molar-refractivity contribution is 6.33. The van der Waals surface area contributed by atoms with Gasteiger partial charge in [-0.05, 0) is 24.6 Å². The van der Waals surface area contributed by atoms with Crippen molar-refractivity contribution in [3.05, 3.63) is 28.8 Å². The normalized spacial score (nSPS) is 11.9. The van der Waals surface area contributed by atoms with Gasteiger partial charge in [0.05, 0.1) is 10.6 Å². The first-order valence-corrected chi connectivity index (χ1v) is 5.82. The van der Waals surface area contributed by atoms with Gasteiger partial charge in [-0.3, -0.25) is 0 Å². The van der Waals surface area contributed by atoms with Gasteiger partial charge in [-0.25, -0.2) is 9.59 Å². The Morgan fingerprint density at radius 2 is 2.17 bits per heavy atom. The third kappa shape index (κ3) is 3.63. The molecule has 6 heteroatoms. The first kappa shape index (κ1) is 14.3. The first-order chi connectivity index (χ1) is 8.45. The number of halogens is 1. The summed E-state index contributed by atoms with van der Waals surface area (Å²) in [6.45, 7) is 1.80. The minimum Gasteiger partial charge on any atom is -0.479 e. The molecule has 1 aromatic rings. The summed E-state index contributed by atoms with van der Waals surface area (Å²) in [6.07, 6.45) is -0.323. The van der Waals surface area contributed by atoms with Crippen LogP contribution in [0.3, 0.4) is 0 Å². The maximum Gasteiger partial charge on any atom is 0.345 e. The second kappa shape index (κ2) is 6.26. The molecule has 3 N–H and O–H groups in total. The van der Waals surface area contributed by atoms with Crippen LogP contribution in [0.1, 0.15) is 30.1 Å². The highest BCUT2D eigenvalue weighted by atomic mass is 35.5. The summed E-state index contributed by atoms with van der Waals surface area (Å²) in [5.41, 5.74) is 5.96. The van der Waals surface area contributed by atoms with Crippen molar-refractivity contribution in [2.45, 2.75) is 25.9 Å². The molecular weight excluding hydrogens is 258 g/mol. The minimum absolute atomic E-state index is 0.0685. The number of rotatable bonds is 5. The molecule has 0 spiro atoms. The number of anilines is 1. The molecule has 0 radical (unpaired) electrons. The number of ether oxygens (including phenoxy) is 1. The Morgan fingerprint density at radius 3 is 2.72 bits per heavy atom. The van der Waals surface area contributed by atoms with Gasteiger partial charge in [0.2, 0.25) is 0 Å². The van der Waals surface area contributed by atoms with E-state index in [0.717, 1.165) is 0 Å². The summed E-state index contributed by atoms with van der Waals surface area (Å²) in [4.78, 5) is 22.7.